The van der Waals surface area contributed by atoms with Crippen LogP contribution in [0, 0.1) is 17.8 Å². The minimum absolute atomic E-state index is 0.214. The van der Waals surface area contributed by atoms with E-state index in [1.807, 2.05) is 0 Å². The van der Waals surface area contributed by atoms with Crippen LogP contribution in [0.15, 0.2) is 48.8 Å². The first-order valence-electron chi connectivity index (χ1n) is 7.78. The van der Waals surface area contributed by atoms with Gasteiger partial charge in [0, 0.05) is 47.4 Å². The molecule has 1 heterocycles. The number of aromatic hydroxyl groups is 1. The van der Waals surface area contributed by atoms with E-state index in [-0.39, 0.29) is 11.3 Å². The summed E-state index contributed by atoms with van der Waals surface area (Å²) in [6.45, 7) is 0. The highest BCUT2D eigenvalue weighted by Crippen LogP contribution is 2.31. The fraction of sp³-hybridized carbons (Fsp3) is 0.0500. The number of rotatable bonds is 4. The molecule has 0 aliphatic rings. The van der Waals surface area contributed by atoms with Gasteiger partial charge in [0.2, 0.25) is 0 Å². The van der Waals surface area contributed by atoms with Gasteiger partial charge in [0.25, 0.3) is 0 Å². The van der Waals surface area contributed by atoms with Crippen LogP contribution in [0.5, 0.6) is 11.5 Å². The Morgan fingerprint density at radius 2 is 1.96 bits per heavy atom. The van der Waals surface area contributed by atoms with Crippen LogP contribution in [0.4, 0.5) is 4.39 Å². The molecule has 27 heavy (non-hydrogen) atoms. The Bertz CT molecular complexity index is 1090. The molecule has 0 radical (unpaired) electrons. The number of ether oxygens (including phenoxy) is 1. The molecule has 0 saturated carbocycles. The summed E-state index contributed by atoms with van der Waals surface area (Å²) in [7, 11) is 1.45. The van der Waals surface area contributed by atoms with Crippen molar-refractivity contribution in [3.8, 4) is 40.3 Å². The number of aromatic nitrogens is 1. The second kappa shape index (κ2) is 7.14. The molecule has 0 saturated heterocycles. The van der Waals surface area contributed by atoms with E-state index in [1.54, 1.807) is 29.1 Å². The van der Waals surface area contributed by atoms with Crippen LogP contribution in [0.25, 0.3) is 16.8 Å². The van der Waals surface area contributed by atoms with Gasteiger partial charge < -0.3 is 25.3 Å². The average molecular weight is 366 g/mol. The highest BCUT2D eigenvalue weighted by Gasteiger charge is 2.15. The molecule has 136 valence electrons. The molecule has 6 nitrogen and oxygen atoms in total. The van der Waals surface area contributed by atoms with Crippen molar-refractivity contribution >= 4 is 5.97 Å². The number of aromatic carboxylic acids is 1. The molecule has 3 aromatic rings. The summed E-state index contributed by atoms with van der Waals surface area (Å²) in [5.74, 6) is 1.00. The molecule has 0 spiro atoms. The highest BCUT2D eigenvalue weighted by atomic mass is 19.1. The number of phenols is 1. The maximum atomic E-state index is 14.5. The molecule has 0 aliphatic carbocycles. The van der Waals surface area contributed by atoms with Gasteiger partial charge in [-0.3, -0.25) is 0 Å². The van der Waals surface area contributed by atoms with Crippen LogP contribution in [0.1, 0.15) is 15.9 Å². The molecule has 0 atom stereocenters. The third-order valence-corrected chi connectivity index (χ3v) is 4.01. The van der Waals surface area contributed by atoms with Crippen molar-refractivity contribution in [2.45, 2.75) is 0 Å². The third-order valence-electron chi connectivity index (χ3n) is 4.01. The minimum atomic E-state index is -1.23. The lowest BCUT2D eigenvalue weighted by Crippen LogP contribution is -1.98. The van der Waals surface area contributed by atoms with E-state index in [4.69, 9.17) is 15.6 Å². The second-order valence-electron chi connectivity index (χ2n) is 5.61. The third kappa shape index (κ3) is 3.41. The van der Waals surface area contributed by atoms with Crippen molar-refractivity contribution in [3.05, 3.63) is 65.7 Å². The summed E-state index contributed by atoms with van der Waals surface area (Å²) in [4.78, 5) is 11.0. The number of nitrogens with two attached hydrogens (primary N) is 1. The molecule has 0 bridgehead atoms. The van der Waals surface area contributed by atoms with Crippen LogP contribution in [0.3, 0.4) is 0 Å². The van der Waals surface area contributed by atoms with Gasteiger partial charge in [0.15, 0.2) is 0 Å². The van der Waals surface area contributed by atoms with Crippen LogP contribution >= 0.6 is 0 Å². The normalized spacial score (nSPS) is 10.1. The molecule has 2 aromatic carbocycles. The minimum Gasteiger partial charge on any atom is -0.507 e. The molecule has 1 aromatic heterocycles. The molecule has 0 fully saturated rings. The highest BCUT2D eigenvalue weighted by molar-refractivity contribution is 5.91. The van der Waals surface area contributed by atoms with E-state index in [0.29, 0.717) is 28.1 Å². The van der Waals surface area contributed by atoms with Gasteiger partial charge in [0.05, 0.1) is 12.7 Å². The van der Waals surface area contributed by atoms with Crippen LogP contribution < -0.4 is 10.5 Å². The summed E-state index contributed by atoms with van der Waals surface area (Å²) in [6.07, 6.45) is 3.24. The topological polar surface area (TPSA) is 97.7 Å². The van der Waals surface area contributed by atoms with Gasteiger partial charge in [-0.1, -0.05) is 0 Å². The fourth-order valence-corrected chi connectivity index (χ4v) is 2.70. The van der Waals surface area contributed by atoms with E-state index >= 15 is 0 Å². The zero-order valence-electron chi connectivity index (χ0n) is 14.2. The first-order chi connectivity index (χ1) is 12.9. The molecule has 7 heteroatoms. The summed E-state index contributed by atoms with van der Waals surface area (Å²) >= 11 is 0. The van der Waals surface area contributed by atoms with Crippen molar-refractivity contribution in [1.29, 1.82) is 0 Å². The Hall–Kier alpha value is -3.92. The van der Waals surface area contributed by atoms with Gasteiger partial charge in [-0.05, 0) is 30.2 Å². The van der Waals surface area contributed by atoms with Gasteiger partial charge in [-0.15, -0.1) is 0 Å². The molecule has 0 aliphatic heterocycles. The lowest BCUT2D eigenvalue weighted by molar-refractivity contribution is 0.0693. The number of benzene rings is 2. The number of nitrogens with zero attached hydrogens (tertiary/aromatic N) is 1. The molecule has 3 rings (SSSR count). The molecule has 4 N–H and O–H groups in total. The molecule has 0 unspecified atom stereocenters. The number of carboxylic acids is 1. The zero-order chi connectivity index (χ0) is 19.6. The van der Waals surface area contributed by atoms with Crippen molar-refractivity contribution in [3.63, 3.8) is 0 Å². The van der Waals surface area contributed by atoms with Gasteiger partial charge >= 0.3 is 5.97 Å². The first kappa shape index (κ1) is 17.9. The van der Waals surface area contributed by atoms with E-state index < -0.39 is 11.8 Å². The van der Waals surface area contributed by atoms with E-state index in [9.17, 15) is 14.3 Å². The fourth-order valence-electron chi connectivity index (χ4n) is 2.70. The Kier molecular flexibility index (Phi) is 4.73. The number of carbonyl (C=O) groups is 1. The van der Waals surface area contributed by atoms with Crippen LogP contribution in [-0.4, -0.2) is 27.9 Å². The Labute approximate surface area is 154 Å². The standard InChI is InChI=1S/C20H15FN2O4/c1-27-14-3-5-15(18(21)9-14)17-11-23(10-12(17)6-7-22)13-2-4-16(20(25)26)19(24)8-13/h2-5,8-11,24H,22H2,1H3,(H,25,26). The number of carboxylic acid groups (broad SMARTS) is 1. The number of methoxy groups -OCH3 is 1. The summed E-state index contributed by atoms with van der Waals surface area (Å²) in [5.41, 5.74) is 6.87. The van der Waals surface area contributed by atoms with Crippen LogP contribution in [-0.2, 0) is 0 Å². The van der Waals surface area contributed by atoms with Gasteiger partial charge in [-0.25, -0.2) is 9.18 Å². The number of halogens is 1. The number of hydrogen-bond acceptors (Lipinski definition) is 4. The van der Waals surface area contributed by atoms with Crippen LogP contribution in [0.2, 0.25) is 0 Å². The summed E-state index contributed by atoms with van der Waals surface area (Å²) in [6, 6.07) is 10.9. The lowest BCUT2D eigenvalue weighted by atomic mass is 10.0. The van der Waals surface area contributed by atoms with E-state index in [1.165, 1.54) is 31.4 Å². The Balaban J connectivity index is 2.13. The Morgan fingerprint density at radius 3 is 2.56 bits per heavy atom. The van der Waals surface area contributed by atoms with Gasteiger partial charge in [-0.2, -0.15) is 0 Å². The monoisotopic (exact) mass is 366 g/mol. The largest absolute Gasteiger partial charge is 0.507 e. The van der Waals surface area contributed by atoms with Crippen molar-refractivity contribution in [2.24, 2.45) is 5.73 Å². The summed E-state index contributed by atoms with van der Waals surface area (Å²) in [5, 5.41) is 18.9. The Morgan fingerprint density at radius 1 is 1.19 bits per heavy atom. The maximum Gasteiger partial charge on any atom is 0.339 e. The van der Waals surface area contributed by atoms with E-state index in [0.717, 1.165) is 0 Å². The quantitative estimate of drug-likeness (QED) is 0.487. The average Bonchev–Trinajstić information content (AvgIpc) is 3.05. The molecular formula is C20H15FN2O4. The van der Waals surface area contributed by atoms with E-state index in [2.05, 4.69) is 12.0 Å². The smallest absolute Gasteiger partial charge is 0.339 e. The molecule has 0 amide bonds. The van der Waals surface area contributed by atoms with Crippen molar-refractivity contribution in [1.82, 2.24) is 4.57 Å². The maximum absolute atomic E-state index is 14.5. The van der Waals surface area contributed by atoms with Crippen molar-refractivity contribution < 1.29 is 24.1 Å². The molecular weight excluding hydrogens is 351 g/mol. The predicted octanol–water partition coefficient (Wildman–Crippen LogP) is 2.96. The SMILES string of the molecule is COc1ccc(-c2cn(-c3ccc(C(=O)O)c(O)c3)cc2C#CN)c(F)c1. The van der Waals surface area contributed by atoms with Crippen molar-refractivity contribution in [2.75, 3.05) is 7.11 Å². The first-order valence-corrected chi connectivity index (χ1v) is 7.78. The lowest BCUT2D eigenvalue weighted by Gasteiger charge is -2.06. The predicted molar refractivity (Wildman–Crippen MR) is 97.4 cm³/mol. The number of hydrogen-bond donors (Lipinski definition) is 3. The zero-order valence-corrected chi connectivity index (χ0v) is 14.2. The summed E-state index contributed by atoms with van der Waals surface area (Å²) < 4.78 is 21.1. The van der Waals surface area contributed by atoms with Gasteiger partial charge in [0.1, 0.15) is 22.9 Å². The second-order valence-corrected chi connectivity index (χ2v) is 5.61.